The van der Waals surface area contributed by atoms with Crippen LogP contribution in [0.25, 0.3) is 0 Å². The van der Waals surface area contributed by atoms with Crippen LogP contribution in [0, 0.1) is 0 Å². The molecule has 8 nitrogen and oxygen atoms in total. The number of carbonyl (C=O) groups is 1. The van der Waals surface area contributed by atoms with Gasteiger partial charge in [0.25, 0.3) is 5.91 Å². The SMILES string of the molecule is CN(C)c1ncc2c(n1)C1(CCN(C(=O)c3ncccc3O)CC1)OCC2. The van der Waals surface area contributed by atoms with Crippen LogP contribution in [0.2, 0.25) is 0 Å². The molecular formula is C19H23N5O3. The minimum absolute atomic E-state index is 0.0922. The molecule has 4 heterocycles. The van der Waals surface area contributed by atoms with Gasteiger partial charge in [0.15, 0.2) is 5.69 Å². The first-order valence-electron chi connectivity index (χ1n) is 9.11. The average molecular weight is 369 g/mol. The van der Waals surface area contributed by atoms with E-state index in [1.165, 1.54) is 12.3 Å². The first kappa shape index (κ1) is 17.7. The smallest absolute Gasteiger partial charge is 0.276 e. The van der Waals surface area contributed by atoms with Gasteiger partial charge in [-0.2, -0.15) is 0 Å². The van der Waals surface area contributed by atoms with Gasteiger partial charge in [-0.15, -0.1) is 0 Å². The molecule has 27 heavy (non-hydrogen) atoms. The average Bonchev–Trinajstić information content (AvgIpc) is 2.68. The van der Waals surface area contributed by atoms with Crippen molar-refractivity contribution in [3.63, 3.8) is 0 Å². The van der Waals surface area contributed by atoms with Crippen molar-refractivity contribution >= 4 is 11.9 Å². The van der Waals surface area contributed by atoms with E-state index in [9.17, 15) is 9.90 Å². The number of rotatable bonds is 2. The minimum Gasteiger partial charge on any atom is -0.505 e. The second-order valence-corrected chi connectivity index (χ2v) is 7.19. The number of hydrogen-bond acceptors (Lipinski definition) is 7. The monoisotopic (exact) mass is 369 g/mol. The third-order valence-corrected chi connectivity index (χ3v) is 5.28. The molecule has 0 saturated carbocycles. The van der Waals surface area contributed by atoms with E-state index >= 15 is 0 Å². The summed E-state index contributed by atoms with van der Waals surface area (Å²) in [6.45, 7) is 1.68. The molecule has 2 aromatic rings. The zero-order valence-electron chi connectivity index (χ0n) is 15.6. The van der Waals surface area contributed by atoms with E-state index in [1.807, 2.05) is 25.2 Å². The fraction of sp³-hybridized carbons (Fsp3) is 0.474. The maximum absolute atomic E-state index is 12.7. The summed E-state index contributed by atoms with van der Waals surface area (Å²) in [4.78, 5) is 29.5. The molecular weight excluding hydrogens is 346 g/mol. The zero-order chi connectivity index (χ0) is 19.0. The van der Waals surface area contributed by atoms with Crippen LogP contribution < -0.4 is 4.90 Å². The van der Waals surface area contributed by atoms with Crippen molar-refractivity contribution < 1.29 is 14.6 Å². The quantitative estimate of drug-likeness (QED) is 0.854. The lowest BCUT2D eigenvalue weighted by atomic mass is 9.83. The normalized spacial score (nSPS) is 18.2. The van der Waals surface area contributed by atoms with Crippen molar-refractivity contribution in [1.29, 1.82) is 0 Å². The van der Waals surface area contributed by atoms with Gasteiger partial charge >= 0.3 is 0 Å². The van der Waals surface area contributed by atoms with Crippen LogP contribution >= 0.6 is 0 Å². The number of aromatic nitrogens is 3. The molecule has 8 heteroatoms. The molecule has 0 atom stereocenters. The Morgan fingerprint density at radius 2 is 2.07 bits per heavy atom. The maximum Gasteiger partial charge on any atom is 0.276 e. The Balaban J connectivity index is 1.57. The number of likely N-dealkylation sites (tertiary alicyclic amines) is 1. The predicted octanol–water partition coefficient (Wildman–Crippen LogP) is 1.35. The third kappa shape index (κ3) is 3.10. The van der Waals surface area contributed by atoms with Crippen LogP contribution in [0.3, 0.4) is 0 Å². The molecule has 1 amide bonds. The van der Waals surface area contributed by atoms with E-state index in [4.69, 9.17) is 9.72 Å². The zero-order valence-corrected chi connectivity index (χ0v) is 15.6. The Bertz CT molecular complexity index is 862. The van der Waals surface area contributed by atoms with Gasteiger partial charge in [0.1, 0.15) is 11.4 Å². The summed E-state index contributed by atoms with van der Waals surface area (Å²) in [5, 5.41) is 9.91. The van der Waals surface area contributed by atoms with E-state index in [1.54, 1.807) is 11.0 Å². The number of fused-ring (bicyclic) bond motifs is 2. The summed E-state index contributed by atoms with van der Waals surface area (Å²) in [7, 11) is 3.83. The summed E-state index contributed by atoms with van der Waals surface area (Å²) in [6.07, 6.45) is 5.52. The number of piperidine rings is 1. The third-order valence-electron chi connectivity index (χ3n) is 5.28. The Morgan fingerprint density at radius 3 is 2.78 bits per heavy atom. The highest BCUT2D eigenvalue weighted by molar-refractivity contribution is 5.94. The molecule has 1 N–H and O–H groups in total. The van der Waals surface area contributed by atoms with E-state index in [0.29, 0.717) is 38.5 Å². The van der Waals surface area contributed by atoms with Crippen molar-refractivity contribution in [2.24, 2.45) is 0 Å². The second-order valence-electron chi connectivity index (χ2n) is 7.19. The van der Waals surface area contributed by atoms with Gasteiger partial charge in [0.2, 0.25) is 5.95 Å². The number of anilines is 1. The van der Waals surface area contributed by atoms with Crippen LogP contribution in [0.4, 0.5) is 5.95 Å². The molecule has 1 fully saturated rings. The Labute approximate surface area is 157 Å². The number of carbonyl (C=O) groups excluding carboxylic acids is 1. The fourth-order valence-electron chi connectivity index (χ4n) is 3.78. The van der Waals surface area contributed by atoms with Crippen LogP contribution in [-0.2, 0) is 16.8 Å². The van der Waals surface area contributed by atoms with E-state index < -0.39 is 5.60 Å². The standard InChI is InChI=1S/C19H23N5O3/c1-23(2)18-21-12-13-5-11-27-19(16(13)22-18)6-9-24(10-7-19)17(26)15-14(25)4-3-8-20-15/h3-4,8,12,25H,5-7,9-11H2,1-2H3. The van der Waals surface area contributed by atoms with Gasteiger partial charge in [-0.05, 0) is 37.0 Å². The van der Waals surface area contributed by atoms with Gasteiger partial charge < -0.3 is 19.6 Å². The molecule has 142 valence electrons. The highest BCUT2D eigenvalue weighted by Crippen LogP contribution is 2.41. The Kier molecular flexibility index (Phi) is 4.43. The summed E-state index contributed by atoms with van der Waals surface area (Å²) >= 11 is 0. The molecule has 4 rings (SSSR count). The first-order valence-corrected chi connectivity index (χ1v) is 9.11. The number of nitrogens with zero attached hydrogens (tertiary/aromatic N) is 5. The Morgan fingerprint density at radius 1 is 1.30 bits per heavy atom. The lowest BCUT2D eigenvalue weighted by Crippen LogP contribution is -2.49. The van der Waals surface area contributed by atoms with Crippen LogP contribution in [-0.4, -0.2) is 64.7 Å². The van der Waals surface area contributed by atoms with E-state index in [0.717, 1.165) is 17.7 Å². The number of pyridine rings is 1. The molecule has 2 aromatic heterocycles. The molecule has 0 bridgehead atoms. The molecule has 1 spiro atoms. The largest absolute Gasteiger partial charge is 0.505 e. The molecule has 0 unspecified atom stereocenters. The van der Waals surface area contributed by atoms with Gasteiger partial charge in [0.05, 0.1) is 12.3 Å². The molecule has 0 aliphatic carbocycles. The predicted molar refractivity (Wildman–Crippen MR) is 98.7 cm³/mol. The highest BCUT2D eigenvalue weighted by Gasteiger charge is 2.43. The van der Waals surface area contributed by atoms with Gasteiger partial charge in [-0.25, -0.2) is 15.0 Å². The number of aromatic hydroxyl groups is 1. The molecule has 2 aliphatic heterocycles. The summed E-state index contributed by atoms with van der Waals surface area (Å²) < 4.78 is 6.21. The van der Waals surface area contributed by atoms with Crippen molar-refractivity contribution in [3.05, 3.63) is 41.5 Å². The van der Waals surface area contributed by atoms with Crippen molar-refractivity contribution in [2.75, 3.05) is 38.7 Å². The van der Waals surface area contributed by atoms with Crippen molar-refractivity contribution in [1.82, 2.24) is 19.9 Å². The highest BCUT2D eigenvalue weighted by atomic mass is 16.5. The molecule has 1 saturated heterocycles. The fourth-order valence-corrected chi connectivity index (χ4v) is 3.78. The van der Waals surface area contributed by atoms with Gasteiger partial charge in [-0.1, -0.05) is 0 Å². The number of amides is 1. The molecule has 2 aliphatic rings. The van der Waals surface area contributed by atoms with Gasteiger partial charge in [0, 0.05) is 39.6 Å². The topological polar surface area (TPSA) is 91.7 Å². The number of ether oxygens (including phenoxy) is 1. The van der Waals surface area contributed by atoms with Crippen LogP contribution in [0.5, 0.6) is 5.75 Å². The minimum atomic E-state index is -0.482. The van der Waals surface area contributed by atoms with Crippen molar-refractivity contribution in [3.8, 4) is 5.75 Å². The van der Waals surface area contributed by atoms with Gasteiger partial charge in [-0.3, -0.25) is 4.79 Å². The summed E-state index contributed by atoms with van der Waals surface area (Å²) in [5.41, 5.74) is 1.68. The van der Waals surface area contributed by atoms with E-state index in [2.05, 4.69) is 9.97 Å². The molecule has 0 radical (unpaired) electrons. The summed E-state index contributed by atoms with van der Waals surface area (Å²) in [5.74, 6) is 0.316. The van der Waals surface area contributed by atoms with Crippen molar-refractivity contribution in [2.45, 2.75) is 24.9 Å². The number of hydrogen-bond donors (Lipinski definition) is 1. The first-order chi connectivity index (χ1) is 13.0. The van der Waals surface area contributed by atoms with Crippen LogP contribution in [0.15, 0.2) is 24.5 Å². The lowest BCUT2D eigenvalue weighted by Gasteiger charge is -2.44. The lowest BCUT2D eigenvalue weighted by molar-refractivity contribution is -0.0967. The molecule has 0 aromatic carbocycles. The maximum atomic E-state index is 12.7. The van der Waals surface area contributed by atoms with Crippen LogP contribution in [0.1, 0.15) is 34.6 Å². The Hall–Kier alpha value is -2.74. The summed E-state index contributed by atoms with van der Waals surface area (Å²) in [6, 6.07) is 3.08. The van der Waals surface area contributed by atoms with E-state index in [-0.39, 0.29) is 17.4 Å². The second kappa shape index (κ2) is 6.77.